The Morgan fingerprint density at radius 2 is 1.54 bits per heavy atom. The third-order valence-corrected chi connectivity index (χ3v) is 3.64. The van der Waals surface area contributed by atoms with E-state index in [0.717, 1.165) is 36.5 Å². The lowest BCUT2D eigenvalue weighted by Gasteiger charge is -2.20. The van der Waals surface area contributed by atoms with Crippen LogP contribution in [0.2, 0.25) is 0 Å². The minimum atomic E-state index is -4.32. The lowest BCUT2D eigenvalue weighted by Crippen LogP contribution is -2.21. The Morgan fingerprint density at radius 3 is 2.04 bits per heavy atom. The van der Waals surface area contributed by atoms with Crippen LogP contribution >= 0.6 is 0 Å². The SMILES string of the molecule is CCN(CC)c1ccc(/C=N/Nc2ccc(C(F)(F)F)cc2)cc1. The summed E-state index contributed by atoms with van der Waals surface area (Å²) >= 11 is 0. The van der Waals surface area contributed by atoms with Crippen LogP contribution in [-0.2, 0) is 6.18 Å². The van der Waals surface area contributed by atoms with Crippen LogP contribution in [0.5, 0.6) is 0 Å². The summed E-state index contributed by atoms with van der Waals surface area (Å²) in [6.07, 6.45) is -2.70. The van der Waals surface area contributed by atoms with E-state index in [2.05, 4.69) is 29.3 Å². The molecule has 2 aromatic carbocycles. The van der Waals surface area contributed by atoms with Crippen LogP contribution in [0.15, 0.2) is 53.6 Å². The number of halogens is 3. The van der Waals surface area contributed by atoms with Crippen molar-refractivity contribution in [2.75, 3.05) is 23.4 Å². The van der Waals surface area contributed by atoms with Crippen LogP contribution in [0.25, 0.3) is 0 Å². The van der Waals surface area contributed by atoms with E-state index in [0.29, 0.717) is 5.69 Å². The molecule has 0 aliphatic carbocycles. The molecule has 0 saturated heterocycles. The third-order valence-electron chi connectivity index (χ3n) is 3.64. The molecule has 0 radical (unpaired) electrons. The Bertz CT molecular complexity index is 657. The van der Waals surface area contributed by atoms with Gasteiger partial charge in [-0.2, -0.15) is 18.3 Å². The first-order valence-corrected chi connectivity index (χ1v) is 7.75. The zero-order valence-electron chi connectivity index (χ0n) is 13.6. The Morgan fingerprint density at radius 1 is 0.958 bits per heavy atom. The molecule has 1 N–H and O–H groups in total. The molecule has 2 rings (SSSR count). The van der Waals surface area contributed by atoms with E-state index in [1.165, 1.54) is 12.1 Å². The average molecular weight is 335 g/mol. The zero-order chi connectivity index (χ0) is 17.6. The molecule has 0 aliphatic rings. The Kier molecular flexibility index (Phi) is 5.84. The molecule has 3 nitrogen and oxygen atoms in total. The van der Waals surface area contributed by atoms with Crippen LogP contribution in [0, 0.1) is 0 Å². The van der Waals surface area contributed by atoms with Crippen LogP contribution in [0.4, 0.5) is 24.5 Å². The molecule has 128 valence electrons. The molecule has 0 fully saturated rings. The molecule has 0 bridgehead atoms. The van der Waals surface area contributed by atoms with Crippen molar-refractivity contribution in [3.8, 4) is 0 Å². The van der Waals surface area contributed by atoms with E-state index in [9.17, 15) is 13.2 Å². The highest BCUT2D eigenvalue weighted by Gasteiger charge is 2.29. The van der Waals surface area contributed by atoms with Gasteiger partial charge in [0.25, 0.3) is 0 Å². The Labute approximate surface area is 139 Å². The van der Waals surface area contributed by atoms with Gasteiger partial charge in [-0.05, 0) is 55.8 Å². The molecule has 0 unspecified atom stereocenters. The molecular weight excluding hydrogens is 315 g/mol. The molecule has 24 heavy (non-hydrogen) atoms. The predicted octanol–water partition coefficient (Wildman–Crippen LogP) is 5.00. The number of hydrogen-bond donors (Lipinski definition) is 1. The van der Waals surface area contributed by atoms with Crippen molar-refractivity contribution >= 4 is 17.6 Å². The fourth-order valence-corrected chi connectivity index (χ4v) is 2.28. The van der Waals surface area contributed by atoms with Crippen LogP contribution in [-0.4, -0.2) is 19.3 Å². The molecule has 6 heteroatoms. The molecule has 0 aliphatic heterocycles. The first-order valence-electron chi connectivity index (χ1n) is 7.75. The number of anilines is 2. The molecule has 0 aromatic heterocycles. The van der Waals surface area contributed by atoms with Gasteiger partial charge in [0.1, 0.15) is 0 Å². The summed E-state index contributed by atoms with van der Waals surface area (Å²) in [6.45, 7) is 6.10. The molecule has 0 amide bonds. The van der Waals surface area contributed by atoms with Crippen molar-refractivity contribution in [1.82, 2.24) is 0 Å². The van der Waals surface area contributed by atoms with E-state index in [-0.39, 0.29) is 0 Å². The largest absolute Gasteiger partial charge is 0.416 e. The van der Waals surface area contributed by atoms with Gasteiger partial charge in [0.05, 0.1) is 17.5 Å². The van der Waals surface area contributed by atoms with Crippen molar-refractivity contribution in [3.05, 3.63) is 59.7 Å². The van der Waals surface area contributed by atoms with E-state index >= 15 is 0 Å². The molecular formula is C18H20F3N3. The van der Waals surface area contributed by atoms with Gasteiger partial charge in [0, 0.05) is 18.8 Å². The Hall–Kier alpha value is -2.50. The lowest BCUT2D eigenvalue weighted by atomic mass is 10.2. The Balaban J connectivity index is 1.96. The highest BCUT2D eigenvalue weighted by Crippen LogP contribution is 2.29. The van der Waals surface area contributed by atoms with Gasteiger partial charge in [-0.15, -0.1) is 0 Å². The van der Waals surface area contributed by atoms with Gasteiger partial charge in [-0.3, -0.25) is 5.43 Å². The van der Waals surface area contributed by atoms with Crippen molar-refractivity contribution in [3.63, 3.8) is 0 Å². The molecule has 0 saturated carbocycles. The second-order valence-electron chi connectivity index (χ2n) is 5.21. The molecule has 0 atom stereocenters. The predicted molar refractivity (Wildman–Crippen MR) is 92.7 cm³/mol. The van der Waals surface area contributed by atoms with Gasteiger partial charge in [-0.1, -0.05) is 12.1 Å². The van der Waals surface area contributed by atoms with Gasteiger partial charge in [0.2, 0.25) is 0 Å². The quantitative estimate of drug-likeness (QED) is 0.594. The average Bonchev–Trinajstić information content (AvgIpc) is 2.57. The highest BCUT2D eigenvalue weighted by molar-refractivity contribution is 5.81. The van der Waals surface area contributed by atoms with E-state index in [4.69, 9.17) is 0 Å². The minimum Gasteiger partial charge on any atom is -0.372 e. The summed E-state index contributed by atoms with van der Waals surface area (Å²) in [5, 5.41) is 4.05. The summed E-state index contributed by atoms with van der Waals surface area (Å²) in [5.41, 5.74) is 4.60. The number of benzene rings is 2. The third kappa shape index (κ3) is 4.75. The second kappa shape index (κ2) is 7.86. The summed E-state index contributed by atoms with van der Waals surface area (Å²) in [6, 6.07) is 12.7. The maximum Gasteiger partial charge on any atom is 0.416 e. The van der Waals surface area contributed by atoms with Gasteiger partial charge >= 0.3 is 6.18 Å². The first kappa shape index (κ1) is 17.8. The van der Waals surface area contributed by atoms with E-state index < -0.39 is 11.7 Å². The van der Waals surface area contributed by atoms with Crippen LogP contribution < -0.4 is 10.3 Å². The monoisotopic (exact) mass is 335 g/mol. The van der Waals surface area contributed by atoms with Gasteiger partial charge in [-0.25, -0.2) is 0 Å². The van der Waals surface area contributed by atoms with Crippen LogP contribution in [0.3, 0.4) is 0 Å². The number of hydrogen-bond acceptors (Lipinski definition) is 3. The first-order chi connectivity index (χ1) is 11.4. The number of hydrazone groups is 1. The van der Waals surface area contributed by atoms with Crippen LogP contribution in [0.1, 0.15) is 25.0 Å². The topological polar surface area (TPSA) is 27.6 Å². The fourth-order valence-electron chi connectivity index (χ4n) is 2.28. The number of nitrogens with one attached hydrogen (secondary N) is 1. The summed E-state index contributed by atoms with van der Waals surface area (Å²) in [7, 11) is 0. The van der Waals surface area contributed by atoms with Gasteiger partial charge < -0.3 is 4.90 Å². The molecule has 0 heterocycles. The van der Waals surface area contributed by atoms with Crippen molar-refractivity contribution < 1.29 is 13.2 Å². The molecule has 0 spiro atoms. The fraction of sp³-hybridized carbons (Fsp3) is 0.278. The number of nitrogens with zero attached hydrogens (tertiary/aromatic N) is 2. The number of alkyl halides is 3. The van der Waals surface area contributed by atoms with Crippen molar-refractivity contribution in [2.24, 2.45) is 5.10 Å². The summed E-state index contributed by atoms with van der Waals surface area (Å²) in [4.78, 5) is 2.24. The standard InChI is InChI=1S/C18H20F3N3/c1-3-24(4-2)17-11-5-14(6-12-17)13-22-23-16-9-7-15(8-10-16)18(19,20)21/h5-13,23H,3-4H2,1-2H3/b22-13+. The van der Waals surface area contributed by atoms with E-state index in [1.807, 2.05) is 24.3 Å². The summed E-state index contributed by atoms with van der Waals surface area (Å²) < 4.78 is 37.4. The van der Waals surface area contributed by atoms with E-state index in [1.54, 1.807) is 6.21 Å². The molecule has 2 aromatic rings. The maximum absolute atomic E-state index is 12.5. The minimum absolute atomic E-state index is 0.499. The van der Waals surface area contributed by atoms with Crippen molar-refractivity contribution in [1.29, 1.82) is 0 Å². The zero-order valence-corrected chi connectivity index (χ0v) is 13.6. The van der Waals surface area contributed by atoms with Crippen molar-refractivity contribution in [2.45, 2.75) is 20.0 Å². The number of rotatable bonds is 6. The summed E-state index contributed by atoms with van der Waals surface area (Å²) in [5.74, 6) is 0. The lowest BCUT2D eigenvalue weighted by molar-refractivity contribution is -0.137. The highest BCUT2D eigenvalue weighted by atomic mass is 19.4. The smallest absolute Gasteiger partial charge is 0.372 e. The van der Waals surface area contributed by atoms with Gasteiger partial charge in [0.15, 0.2) is 0 Å². The normalized spacial score (nSPS) is 11.7. The second-order valence-corrected chi connectivity index (χ2v) is 5.21. The maximum atomic E-state index is 12.5.